The second kappa shape index (κ2) is 4.78. The maximum Gasteiger partial charge on any atom is 0.0927 e. The molecule has 19 heavy (non-hydrogen) atoms. The Hall–Kier alpha value is -2.26. The molecule has 3 aromatic rings. The van der Waals surface area contributed by atoms with E-state index in [9.17, 15) is 0 Å². The van der Waals surface area contributed by atoms with Crippen LogP contribution >= 0.6 is 11.6 Å². The first kappa shape index (κ1) is 11.8. The highest BCUT2D eigenvalue weighted by Crippen LogP contribution is 2.25. The minimum Gasteiger partial charge on any atom is -0.398 e. The number of nitrogens with one attached hydrogen (secondary N) is 1. The predicted octanol–water partition coefficient (Wildman–Crippen LogP) is 3.97. The van der Waals surface area contributed by atoms with Crippen molar-refractivity contribution in [2.45, 2.75) is 0 Å². The summed E-state index contributed by atoms with van der Waals surface area (Å²) in [5, 5.41) is 8.97. The van der Waals surface area contributed by atoms with Gasteiger partial charge in [0.05, 0.1) is 11.2 Å². The van der Waals surface area contributed by atoms with Crippen LogP contribution in [-0.2, 0) is 0 Å². The van der Waals surface area contributed by atoms with Crippen LogP contribution in [0.1, 0.15) is 11.3 Å². The largest absolute Gasteiger partial charge is 0.398 e. The van der Waals surface area contributed by atoms with Gasteiger partial charge in [0.15, 0.2) is 0 Å². The van der Waals surface area contributed by atoms with Crippen molar-refractivity contribution in [3.63, 3.8) is 0 Å². The molecular weight excluding hydrogens is 258 g/mol. The van der Waals surface area contributed by atoms with E-state index in [2.05, 4.69) is 10.2 Å². The van der Waals surface area contributed by atoms with E-state index in [0.29, 0.717) is 10.7 Å². The summed E-state index contributed by atoms with van der Waals surface area (Å²) in [5.74, 6) is 0. The number of nitrogen functional groups attached to an aromatic ring is 1. The first-order valence-electron chi connectivity index (χ1n) is 5.91. The van der Waals surface area contributed by atoms with Gasteiger partial charge in [0.2, 0.25) is 0 Å². The van der Waals surface area contributed by atoms with Gasteiger partial charge in [0.1, 0.15) is 0 Å². The smallest absolute Gasteiger partial charge is 0.0927 e. The monoisotopic (exact) mass is 269 g/mol. The molecule has 0 amide bonds. The molecule has 0 spiro atoms. The van der Waals surface area contributed by atoms with Crippen LogP contribution in [0, 0.1) is 0 Å². The lowest BCUT2D eigenvalue weighted by Gasteiger charge is -2.01. The number of hydrogen-bond donors (Lipinski definition) is 2. The van der Waals surface area contributed by atoms with Crippen LogP contribution in [0.25, 0.3) is 23.1 Å². The number of aromatic nitrogens is 2. The van der Waals surface area contributed by atoms with Gasteiger partial charge in [-0.2, -0.15) is 5.10 Å². The van der Waals surface area contributed by atoms with Crippen molar-refractivity contribution in [2.24, 2.45) is 0 Å². The minimum absolute atomic E-state index is 0.635. The number of hydrogen-bond acceptors (Lipinski definition) is 2. The SMILES string of the molecule is Nc1cccc(Cl)c1C=Cc1n[nH]c2ccccc12. The molecule has 94 valence electrons. The van der Waals surface area contributed by atoms with E-state index < -0.39 is 0 Å². The number of rotatable bonds is 2. The van der Waals surface area contributed by atoms with Crippen LogP contribution in [0.15, 0.2) is 42.5 Å². The number of halogens is 1. The van der Waals surface area contributed by atoms with Crippen LogP contribution in [0.5, 0.6) is 0 Å². The topological polar surface area (TPSA) is 54.7 Å². The zero-order chi connectivity index (χ0) is 13.2. The molecule has 2 aromatic carbocycles. The average molecular weight is 270 g/mol. The third-order valence-corrected chi connectivity index (χ3v) is 3.32. The number of nitrogens with two attached hydrogens (primary N) is 1. The highest BCUT2D eigenvalue weighted by Gasteiger charge is 2.03. The van der Waals surface area contributed by atoms with Crippen molar-refractivity contribution in [3.8, 4) is 0 Å². The summed E-state index contributed by atoms with van der Waals surface area (Å²) >= 11 is 6.13. The Morgan fingerprint density at radius 3 is 2.74 bits per heavy atom. The molecule has 0 saturated carbocycles. The summed E-state index contributed by atoms with van der Waals surface area (Å²) in [7, 11) is 0. The van der Waals surface area contributed by atoms with Crippen LogP contribution in [0.4, 0.5) is 5.69 Å². The molecular formula is C15H12ClN3. The Morgan fingerprint density at radius 1 is 1.05 bits per heavy atom. The molecule has 0 aliphatic rings. The quantitative estimate of drug-likeness (QED) is 0.692. The molecule has 3 nitrogen and oxygen atoms in total. The maximum atomic E-state index is 6.13. The molecule has 3 N–H and O–H groups in total. The normalized spacial score (nSPS) is 11.4. The van der Waals surface area contributed by atoms with Crippen molar-refractivity contribution < 1.29 is 0 Å². The van der Waals surface area contributed by atoms with E-state index in [0.717, 1.165) is 22.2 Å². The van der Waals surface area contributed by atoms with Crippen LogP contribution in [0.2, 0.25) is 5.02 Å². The van der Waals surface area contributed by atoms with E-state index in [4.69, 9.17) is 17.3 Å². The van der Waals surface area contributed by atoms with E-state index >= 15 is 0 Å². The summed E-state index contributed by atoms with van der Waals surface area (Å²) in [6, 6.07) is 13.4. The highest BCUT2D eigenvalue weighted by atomic mass is 35.5. The lowest BCUT2D eigenvalue weighted by molar-refractivity contribution is 1.11. The Labute approximate surface area is 115 Å². The summed E-state index contributed by atoms with van der Waals surface area (Å²) in [4.78, 5) is 0. The van der Waals surface area contributed by atoms with Gasteiger partial charge < -0.3 is 5.73 Å². The van der Waals surface area contributed by atoms with Gasteiger partial charge in [-0.1, -0.05) is 35.9 Å². The molecule has 4 heteroatoms. The molecule has 0 fully saturated rings. The first-order chi connectivity index (χ1) is 9.25. The standard InChI is InChI=1S/C15H12ClN3/c16-12-5-3-6-13(17)10(12)8-9-15-11-4-1-2-7-14(11)18-19-15/h1-9H,17H2,(H,18,19). The Kier molecular flexibility index (Phi) is 2.97. The number of anilines is 1. The van der Waals surface area contributed by atoms with Crippen molar-refractivity contribution in [1.29, 1.82) is 0 Å². The Balaban J connectivity index is 2.03. The van der Waals surface area contributed by atoms with Gasteiger partial charge in [-0.25, -0.2) is 0 Å². The van der Waals surface area contributed by atoms with Crippen molar-refractivity contribution in [3.05, 3.63) is 58.7 Å². The van der Waals surface area contributed by atoms with Gasteiger partial charge in [-0.05, 0) is 30.4 Å². The summed E-state index contributed by atoms with van der Waals surface area (Å²) in [5.41, 5.74) is 9.26. The average Bonchev–Trinajstić information content (AvgIpc) is 2.82. The van der Waals surface area contributed by atoms with Gasteiger partial charge >= 0.3 is 0 Å². The fourth-order valence-electron chi connectivity index (χ4n) is 2.00. The van der Waals surface area contributed by atoms with E-state index in [-0.39, 0.29) is 0 Å². The van der Waals surface area contributed by atoms with E-state index in [1.807, 2.05) is 54.6 Å². The van der Waals surface area contributed by atoms with E-state index in [1.165, 1.54) is 0 Å². The van der Waals surface area contributed by atoms with Gasteiger partial charge in [-0.3, -0.25) is 5.10 Å². The number of benzene rings is 2. The summed E-state index contributed by atoms with van der Waals surface area (Å²) in [6.07, 6.45) is 3.80. The number of H-pyrrole nitrogens is 1. The Bertz CT molecular complexity index is 739. The van der Waals surface area contributed by atoms with Crippen molar-refractivity contribution >= 4 is 40.3 Å². The third kappa shape index (κ3) is 2.20. The molecule has 1 aromatic heterocycles. The van der Waals surface area contributed by atoms with Gasteiger partial charge in [-0.15, -0.1) is 0 Å². The van der Waals surface area contributed by atoms with Crippen molar-refractivity contribution in [2.75, 3.05) is 5.73 Å². The Morgan fingerprint density at radius 2 is 1.89 bits per heavy atom. The van der Waals surface area contributed by atoms with Gasteiger partial charge in [0, 0.05) is 21.7 Å². The summed E-state index contributed by atoms with van der Waals surface area (Å²) in [6.45, 7) is 0. The number of fused-ring (bicyclic) bond motifs is 1. The molecule has 0 aliphatic heterocycles. The number of aromatic amines is 1. The molecule has 0 bridgehead atoms. The highest BCUT2D eigenvalue weighted by molar-refractivity contribution is 6.32. The number of para-hydroxylation sites is 1. The van der Waals surface area contributed by atoms with Crippen molar-refractivity contribution in [1.82, 2.24) is 10.2 Å². The molecule has 0 radical (unpaired) electrons. The minimum atomic E-state index is 0.635. The molecule has 0 aliphatic carbocycles. The lowest BCUT2D eigenvalue weighted by atomic mass is 10.1. The molecule has 0 unspecified atom stereocenters. The fraction of sp³-hybridized carbons (Fsp3) is 0. The van der Waals surface area contributed by atoms with Crippen LogP contribution < -0.4 is 5.73 Å². The molecule has 0 saturated heterocycles. The first-order valence-corrected chi connectivity index (χ1v) is 6.28. The van der Waals surface area contributed by atoms with Crippen LogP contribution in [0.3, 0.4) is 0 Å². The second-order valence-corrected chi connectivity index (χ2v) is 4.64. The maximum absolute atomic E-state index is 6.13. The lowest BCUT2D eigenvalue weighted by Crippen LogP contribution is -1.89. The number of nitrogens with zero attached hydrogens (tertiary/aromatic N) is 1. The zero-order valence-electron chi connectivity index (χ0n) is 10.1. The molecule has 1 heterocycles. The second-order valence-electron chi connectivity index (χ2n) is 4.23. The fourth-order valence-corrected chi connectivity index (χ4v) is 2.25. The molecule has 3 rings (SSSR count). The molecule has 0 atom stereocenters. The van der Waals surface area contributed by atoms with Crippen LogP contribution in [-0.4, -0.2) is 10.2 Å². The third-order valence-electron chi connectivity index (χ3n) is 2.99. The predicted molar refractivity (Wildman–Crippen MR) is 80.9 cm³/mol. The van der Waals surface area contributed by atoms with E-state index in [1.54, 1.807) is 0 Å². The van der Waals surface area contributed by atoms with Gasteiger partial charge in [0.25, 0.3) is 0 Å². The summed E-state index contributed by atoms with van der Waals surface area (Å²) < 4.78 is 0. The zero-order valence-corrected chi connectivity index (χ0v) is 10.9.